The average molecular weight is 298 g/mol. The number of carbonyl (C=O) groups excluding carboxylic acids is 1. The molecule has 1 heterocycles. The van der Waals surface area contributed by atoms with Crippen molar-refractivity contribution in [3.63, 3.8) is 0 Å². The van der Waals surface area contributed by atoms with Crippen LogP contribution in [0.5, 0.6) is 5.75 Å². The molecule has 1 aromatic heterocycles. The Morgan fingerprint density at radius 1 is 1.23 bits per heavy atom. The number of hydrogen-bond donors (Lipinski definition) is 1. The van der Waals surface area contributed by atoms with E-state index in [2.05, 4.69) is 0 Å². The number of phenols is 1. The van der Waals surface area contributed by atoms with Gasteiger partial charge in [0.2, 0.25) is 0 Å². The molecule has 0 aliphatic carbocycles. The molecule has 0 aliphatic heterocycles. The summed E-state index contributed by atoms with van der Waals surface area (Å²) in [5, 5.41) is 9.71. The van der Waals surface area contributed by atoms with E-state index in [-0.39, 0.29) is 17.8 Å². The first kappa shape index (κ1) is 15.8. The van der Waals surface area contributed by atoms with E-state index in [1.165, 1.54) is 0 Å². The van der Waals surface area contributed by atoms with E-state index < -0.39 is 0 Å². The van der Waals surface area contributed by atoms with Gasteiger partial charge in [-0.1, -0.05) is 30.4 Å². The Morgan fingerprint density at radius 2 is 1.91 bits per heavy atom. The van der Waals surface area contributed by atoms with Gasteiger partial charge in [0, 0.05) is 24.6 Å². The minimum atomic E-state index is -0.351. The van der Waals surface area contributed by atoms with Crippen LogP contribution in [0.2, 0.25) is 0 Å². The summed E-state index contributed by atoms with van der Waals surface area (Å²) in [6.07, 6.45) is 7.44. The SMILES string of the molecule is CCOC(=O)C(C)[n+]1ccc(/C=C/c2ccccc2O)cc1. The predicted octanol–water partition coefficient (Wildman–Crippen LogP) is 2.97. The van der Waals surface area contributed by atoms with E-state index in [0.29, 0.717) is 6.61 Å². The highest BCUT2D eigenvalue weighted by Crippen LogP contribution is 2.18. The van der Waals surface area contributed by atoms with Crippen molar-refractivity contribution in [3.8, 4) is 5.75 Å². The number of nitrogens with zero attached hydrogens (tertiary/aromatic N) is 1. The van der Waals surface area contributed by atoms with Crippen LogP contribution in [0.3, 0.4) is 0 Å². The van der Waals surface area contributed by atoms with E-state index in [0.717, 1.165) is 11.1 Å². The molecular weight excluding hydrogens is 278 g/mol. The second-order valence-corrected chi connectivity index (χ2v) is 4.90. The first-order valence-electron chi connectivity index (χ1n) is 7.25. The molecule has 1 N–H and O–H groups in total. The third-order valence-electron chi connectivity index (χ3n) is 3.35. The van der Waals surface area contributed by atoms with Gasteiger partial charge in [0.25, 0.3) is 6.04 Å². The van der Waals surface area contributed by atoms with Crippen molar-refractivity contribution in [2.45, 2.75) is 19.9 Å². The third kappa shape index (κ3) is 3.95. The quantitative estimate of drug-likeness (QED) is 0.682. The Labute approximate surface area is 130 Å². The highest BCUT2D eigenvalue weighted by atomic mass is 16.5. The van der Waals surface area contributed by atoms with Crippen LogP contribution in [0, 0.1) is 0 Å². The van der Waals surface area contributed by atoms with Gasteiger partial charge in [-0.15, -0.1) is 0 Å². The lowest BCUT2D eigenvalue weighted by Crippen LogP contribution is -2.42. The van der Waals surface area contributed by atoms with Gasteiger partial charge < -0.3 is 9.84 Å². The smallest absolute Gasteiger partial charge is 0.375 e. The van der Waals surface area contributed by atoms with E-state index in [1.807, 2.05) is 48.8 Å². The molecule has 2 aromatic rings. The summed E-state index contributed by atoms with van der Waals surface area (Å²) in [5.74, 6) is 0.00526. The molecule has 0 aliphatic rings. The Kier molecular flexibility index (Phi) is 5.31. The van der Waals surface area contributed by atoms with Crippen molar-refractivity contribution in [1.82, 2.24) is 0 Å². The molecule has 4 nitrogen and oxygen atoms in total. The molecule has 0 saturated carbocycles. The molecule has 1 aromatic carbocycles. The monoisotopic (exact) mass is 298 g/mol. The minimum Gasteiger partial charge on any atom is -0.507 e. The van der Waals surface area contributed by atoms with Crippen molar-refractivity contribution in [1.29, 1.82) is 0 Å². The third-order valence-corrected chi connectivity index (χ3v) is 3.35. The van der Waals surface area contributed by atoms with Crippen molar-refractivity contribution < 1.29 is 19.2 Å². The number of aromatic hydroxyl groups is 1. The lowest BCUT2D eigenvalue weighted by atomic mass is 10.1. The largest absolute Gasteiger partial charge is 0.507 e. The summed E-state index contributed by atoms with van der Waals surface area (Å²) in [7, 11) is 0. The van der Waals surface area contributed by atoms with Crippen LogP contribution in [0.4, 0.5) is 0 Å². The fourth-order valence-electron chi connectivity index (χ4n) is 2.02. The number of aromatic nitrogens is 1. The molecule has 0 amide bonds. The molecule has 1 unspecified atom stereocenters. The molecule has 0 fully saturated rings. The zero-order valence-electron chi connectivity index (χ0n) is 12.8. The average Bonchev–Trinajstić information content (AvgIpc) is 2.54. The molecule has 1 atom stereocenters. The van der Waals surface area contributed by atoms with Crippen molar-refractivity contribution in [2.75, 3.05) is 6.61 Å². The van der Waals surface area contributed by atoms with Gasteiger partial charge >= 0.3 is 5.97 Å². The molecule has 4 heteroatoms. The van der Waals surface area contributed by atoms with E-state index >= 15 is 0 Å². The number of benzene rings is 1. The molecule has 22 heavy (non-hydrogen) atoms. The van der Waals surface area contributed by atoms with Gasteiger partial charge in [0.05, 0.1) is 6.61 Å². The molecule has 0 saturated heterocycles. The van der Waals surface area contributed by atoms with E-state index in [9.17, 15) is 9.90 Å². The number of carbonyl (C=O) groups is 1. The second kappa shape index (κ2) is 7.41. The maximum absolute atomic E-state index is 11.7. The zero-order chi connectivity index (χ0) is 15.9. The molecular formula is C18H20NO3+. The van der Waals surface area contributed by atoms with Gasteiger partial charge in [-0.25, -0.2) is 4.79 Å². The highest BCUT2D eigenvalue weighted by Gasteiger charge is 2.22. The Balaban J connectivity index is 2.09. The standard InChI is InChI=1S/C18H19NO3/c1-3-22-18(21)14(2)19-12-10-15(11-13-19)8-9-16-6-4-5-7-17(16)20/h4-14H,3H2,1-2H3/p+1. The number of phenolic OH excluding ortho intramolecular Hbond substituents is 1. The van der Waals surface area contributed by atoms with Crippen LogP contribution in [0.15, 0.2) is 48.8 Å². The van der Waals surface area contributed by atoms with E-state index in [4.69, 9.17) is 4.74 Å². The number of esters is 1. The topological polar surface area (TPSA) is 50.4 Å². The van der Waals surface area contributed by atoms with Gasteiger partial charge in [-0.2, -0.15) is 4.57 Å². The van der Waals surface area contributed by atoms with Gasteiger partial charge in [0.1, 0.15) is 5.75 Å². The Morgan fingerprint density at radius 3 is 2.55 bits per heavy atom. The summed E-state index contributed by atoms with van der Waals surface area (Å²) in [5.41, 5.74) is 1.75. The van der Waals surface area contributed by atoms with Gasteiger partial charge in [-0.05, 0) is 18.6 Å². The zero-order valence-corrected chi connectivity index (χ0v) is 12.8. The van der Waals surface area contributed by atoms with Crippen LogP contribution < -0.4 is 4.57 Å². The second-order valence-electron chi connectivity index (χ2n) is 4.90. The van der Waals surface area contributed by atoms with Crippen molar-refractivity contribution in [2.24, 2.45) is 0 Å². The number of rotatable bonds is 5. The summed E-state index contributed by atoms with van der Waals surface area (Å²) < 4.78 is 6.81. The summed E-state index contributed by atoms with van der Waals surface area (Å²) in [6.45, 7) is 3.98. The van der Waals surface area contributed by atoms with Crippen LogP contribution in [-0.4, -0.2) is 17.7 Å². The molecule has 2 rings (SSSR count). The maximum atomic E-state index is 11.7. The fraction of sp³-hybridized carbons (Fsp3) is 0.222. The first-order valence-corrected chi connectivity index (χ1v) is 7.25. The fourth-order valence-corrected chi connectivity index (χ4v) is 2.02. The van der Waals surface area contributed by atoms with Crippen LogP contribution >= 0.6 is 0 Å². The predicted molar refractivity (Wildman–Crippen MR) is 85.0 cm³/mol. The summed E-state index contributed by atoms with van der Waals surface area (Å²) in [4.78, 5) is 11.7. The van der Waals surface area contributed by atoms with Crippen LogP contribution in [-0.2, 0) is 9.53 Å². The molecule has 114 valence electrons. The minimum absolute atomic E-state index is 0.245. The number of ether oxygens (including phenoxy) is 1. The number of pyridine rings is 1. The normalized spacial score (nSPS) is 12.3. The summed E-state index contributed by atoms with van der Waals surface area (Å²) in [6, 6.07) is 10.6. The molecule has 0 bridgehead atoms. The Bertz CT molecular complexity index is 662. The van der Waals surface area contributed by atoms with Gasteiger partial charge in [-0.3, -0.25) is 0 Å². The summed E-state index contributed by atoms with van der Waals surface area (Å²) >= 11 is 0. The van der Waals surface area contributed by atoms with E-state index in [1.54, 1.807) is 30.5 Å². The van der Waals surface area contributed by atoms with Crippen molar-refractivity contribution in [3.05, 3.63) is 59.9 Å². The number of para-hydroxylation sites is 1. The maximum Gasteiger partial charge on any atom is 0.375 e. The molecule has 0 radical (unpaired) electrons. The lowest BCUT2D eigenvalue weighted by Gasteiger charge is -2.06. The lowest BCUT2D eigenvalue weighted by molar-refractivity contribution is -0.707. The Hall–Kier alpha value is -2.62. The van der Waals surface area contributed by atoms with Gasteiger partial charge in [0.15, 0.2) is 12.4 Å². The molecule has 0 spiro atoms. The van der Waals surface area contributed by atoms with Crippen LogP contribution in [0.25, 0.3) is 12.2 Å². The first-order chi connectivity index (χ1) is 10.6. The highest BCUT2D eigenvalue weighted by molar-refractivity contribution is 5.72. The number of hydrogen-bond acceptors (Lipinski definition) is 3. The van der Waals surface area contributed by atoms with Crippen molar-refractivity contribution >= 4 is 18.1 Å². The van der Waals surface area contributed by atoms with Crippen LogP contribution in [0.1, 0.15) is 31.0 Å².